The van der Waals surface area contributed by atoms with Gasteiger partial charge in [0, 0.05) is 37.2 Å². The molecule has 3 heterocycles. The SMILES string of the molecule is Cc1c(CNc2nccn3nccc23)cnn1C. The van der Waals surface area contributed by atoms with Crippen LogP contribution >= 0.6 is 0 Å². The predicted molar refractivity (Wildman–Crippen MR) is 68.3 cm³/mol. The van der Waals surface area contributed by atoms with Gasteiger partial charge in [-0.3, -0.25) is 4.68 Å². The number of nitrogens with zero attached hydrogens (tertiary/aromatic N) is 5. The van der Waals surface area contributed by atoms with Gasteiger partial charge in [0.25, 0.3) is 0 Å². The molecule has 0 bridgehead atoms. The van der Waals surface area contributed by atoms with Crippen LogP contribution < -0.4 is 5.32 Å². The monoisotopic (exact) mass is 242 g/mol. The lowest BCUT2D eigenvalue weighted by Crippen LogP contribution is -2.04. The minimum absolute atomic E-state index is 0.706. The largest absolute Gasteiger partial charge is 0.364 e. The van der Waals surface area contributed by atoms with Crippen molar-refractivity contribution in [2.75, 3.05) is 5.32 Å². The molecule has 0 amide bonds. The number of hydrogen-bond donors (Lipinski definition) is 1. The highest BCUT2D eigenvalue weighted by Crippen LogP contribution is 2.14. The first-order chi connectivity index (χ1) is 8.75. The van der Waals surface area contributed by atoms with E-state index >= 15 is 0 Å². The Morgan fingerprint density at radius 1 is 1.28 bits per heavy atom. The van der Waals surface area contributed by atoms with E-state index in [1.54, 1.807) is 16.9 Å². The summed E-state index contributed by atoms with van der Waals surface area (Å²) in [5.41, 5.74) is 3.29. The fourth-order valence-electron chi connectivity index (χ4n) is 1.89. The lowest BCUT2D eigenvalue weighted by atomic mass is 10.2. The number of fused-ring (bicyclic) bond motifs is 1. The molecule has 0 saturated carbocycles. The smallest absolute Gasteiger partial charge is 0.152 e. The van der Waals surface area contributed by atoms with Crippen LogP contribution in [-0.2, 0) is 13.6 Å². The van der Waals surface area contributed by atoms with Gasteiger partial charge in [0.05, 0.1) is 12.4 Å². The fourth-order valence-corrected chi connectivity index (χ4v) is 1.89. The zero-order valence-electron chi connectivity index (χ0n) is 10.3. The van der Waals surface area contributed by atoms with Crippen LogP contribution in [0.2, 0.25) is 0 Å². The molecule has 3 aromatic heterocycles. The summed E-state index contributed by atoms with van der Waals surface area (Å²) < 4.78 is 3.66. The van der Waals surface area contributed by atoms with E-state index in [9.17, 15) is 0 Å². The molecule has 0 radical (unpaired) electrons. The molecule has 0 atom stereocenters. The first-order valence-corrected chi connectivity index (χ1v) is 5.75. The Labute approximate surface area is 104 Å². The molecule has 0 spiro atoms. The number of anilines is 1. The van der Waals surface area contributed by atoms with Gasteiger partial charge in [0.2, 0.25) is 0 Å². The molecular formula is C12H14N6. The Hall–Kier alpha value is -2.37. The van der Waals surface area contributed by atoms with Gasteiger partial charge in [0.15, 0.2) is 5.82 Å². The second kappa shape index (κ2) is 4.14. The minimum atomic E-state index is 0.706. The molecule has 6 nitrogen and oxygen atoms in total. The fraction of sp³-hybridized carbons (Fsp3) is 0.250. The maximum Gasteiger partial charge on any atom is 0.152 e. The standard InChI is InChI=1S/C12H14N6/c1-9-10(8-16-17(9)2)7-14-12-11-3-4-15-18(11)6-5-13-12/h3-6,8H,7H2,1-2H3,(H,13,14). The third kappa shape index (κ3) is 1.71. The summed E-state index contributed by atoms with van der Waals surface area (Å²) in [6.07, 6.45) is 7.20. The minimum Gasteiger partial charge on any atom is -0.364 e. The molecule has 18 heavy (non-hydrogen) atoms. The maximum atomic E-state index is 4.33. The summed E-state index contributed by atoms with van der Waals surface area (Å²) in [6.45, 7) is 2.76. The van der Waals surface area contributed by atoms with E-state index < -0.39 is 0 Å². The van der Waals surface area contributed by atoms with E-state index in [0.717, 1.165) is 17.0 Å². The molecular weight excluding hydrogens is 228 g/mol. The highest BCUT2D eigenvalue weighted by Gasteiger charge is 2.06. The highest BCUT2D eigenvalue weighted by molar-refractivity contribution is 5.66. The predicted octanol–water partition coefficient (Wildman–Crippen LogP) is 1.38. The average molecular weight is 242 g/mol. The van der Waals surface area contributed by atoms with Crippen molar-refractivity contribution in [1.29, 1.82) is 0 Å². The Kier molecular flexibility index (Phi) is 2.47. The Balaban J connectivity index is 1.85. The second-order valence-electron chi connectivity index (χ2n) is 4.17. The molecule has 0 saturated heterocycles. The molecule has 3 aromatic rings. The van der Waals surface area contributed by atoms with Gasteiger partial charge >= 0.3 is 0 Å². The molecule has 0 fully saturated rings. The van der Waals surface area contributed by atoms with Crippen molar-refractivity contribution in [3.05, 3.63) is 42.1 Å². The summed E-state index contributed by atoms with van der Waals surface area (Å²) in [7, 11) is 1.94. The summed E-state index contributed by atoms with van der Waals surface area (Å²) in [4.78, 5) is 4.33. The van der Waals surface area contributed by atoms with E-state index in [1.807, 2.05) is 30.2 Å². The normalized spacial score (nSPS) is 11.0. The quantitative estimate of drug-likeness (QED) is 0.754. The first kappa shape index (κ1) is 10.8. The zero-order valence-corrected chi connectivity index (χ0v) is 10.3. The van der Waals surface area contributed by atoms with Crippen LogP contribution in [0.15, 0.2) is 30.9 Å². The molecule has 0 aliphatic carbocycles. The molecule has 0 aliphatic rings. The molecule has 0 aliphatic heterocycles. The van der Waals surface area contributed by atoms with Gasteiger partial charge in [0.1, 0.15) is 5.52 Å². The molecule has 92 valence electrons. The van der Waals surface area contributed by atoms with Gasteiger partial charge in [-0.25, -0.2) is 9.50 Å². The van der Waals surface area contributed by atoms with Gasteiger partial charge in [-0.15, -0.1) is 0 Å². The van der Waals surface area contributed by atoms with Crippen molar-refractivity contribution in [1.82, 2.24) is 24.4 Å². The van der Waals surface area contributed by atoms with Crippen LogP contribution in [0.3, 0.4) is 0 Å². The van der Waals surface area contributed by atoms with Crippen LogP contribution in [0.4, 0.5) is 5.82 Å². The number of aryl methyl sites for hydroxylation is 1. The zero-order chi connectivity index (χ0) is 12.5. The van der Waals surface area contributed by atoms with E-state index in [4.69, 9.17) is 0 Å². The number of aromatic nitrogens is 5. The van der Waals surface area contributed by atoms with Crippen LogP contribution in [0.5, 0.6) is 0 Å². The van der Waals surface area contributed by atoms with Gasteiger partial charge < -0.3 is 5.32 Å². The number of nitrogens with one attached hydrogen (secondary N) is 1. The molecule has 3 rings (SSSR count). The summed E-state index contributed by atoms with van der Waals surface area (Å²) >= 11 is 0. The van der Waals surface area contributed by atoms with Crippen molar-refractivity contribution in [3.8, 4) is 0 Å². The van der Waals surface area contributed by atoms with Crippen molar-refractivity contribution in [2.24, 2.45) is 7.05 Å². The second-order valence-corrected chi connectivity index (χ2v) is 4.17. The van der Waals surface area contributed by atoms with Gasteiger partial charge in [-0.1, -0.05) is 0 Å². The molecule has 0 unspecified atom stereocenters. The first-order valence-electron chi connectivity index (χ1n) is 5.75. The van der Waals surface area contributed by atoms with Crippen molar-refractivity contribution < 1.29 is 0 Å². The van der Waals surface area contributed by atoms with E-state index in [2.05, 4.69) is 27.4 Å². The Bertz CT molecular complexity index is 681. The van der Waals surface area contributed by atoms with Gasteiger partial charge in [-0.2, -0.15) is 10.2 Å². The van der Waals surface area contributed by atoms with Crippen LogP contribution in [0.1, 0.15) is 11.3 Å². The van der Waals surface area contributed by atoms with Crippen LogP contribution in [0, 0.1) is 6.92 Å². The maximum absolute atomic E-state index is 4.33. The Morgan fingerprint density at radius 3 is 2.94 bits per heavy atom. The molecule has 6 heteroatoms. The van der Waals surface area contributed by atoms with Gasteiger partial charge in [-0.05, 0) is 13.0 Å². The van der Waals surface area contributed by atoms with Crippen molar-refractivity contribution in [3.63, 3.8) is 0 Å². The highest BCUT2D eigenvalue weighted by atomic mass is 15.3. The third-order valence-electron chi connectivity index (χ3n) is 3.11. The topological polar surface area (TPSA) is 60.0 Å². The lowest BCUT2D eigenvalue weighted by Gasteiger charge is -2.06. The lowest BCUT2D eigenvalue weighted by molar-refractivity contribution is 0.738. The van der Waals surface area contributed by atoms with E-state index in [-0.39, 0.29) is 0 Å². The third-order valence-corrected chi connectivity index (χ3v) is 3.11. The van der Waals surface area contributed by atoms with Crippen molar-refractivity contribution in [2.45, 2.75) is 13.5 Å². The van der Waals surface area contributed by atoms with Crippen LogP contribution in [-0.4, -0.2) is 24.4 Å². The Morgan fingerprint density at radius 2 is 2.17 bits per heavy atom. The number of rotatable bonds is 3. The number of hydrogen-bond acceptors (Lipinski definition) is 4. The molecule has 1 N–H and O–H groups in total. The summed E-state index contributed by atoms with van der Waals surface area (Å²) in [5.74, 6) is 0.832. The van der Waals surface area contributed by atoms with Crippen molar-refractivity contribution >= 4 is 11.3 Å². The average Bonchev–Trinajstić information content (AvgIpc) is 2.97. The van der Waals surface area contributed by atoms with E-state index in [1.165, 1.54) is 5.56 Å². The summed E-state index contributed by atoms with van der Waals surface area (Å²) in [5, 5.41) is 11.7. The van der Waals surface area contributed by atoms with E-state index in [0.29, 0.717) is 6.54 Å². The summed E-state index contributed by atoms with van der Waals surface area (Å²) in [6, 6.07) is 1.94. The van der Waals surface area contributed by atoms with Crippen LogP contribution in [0.25, 0.3) is 5.52 Å². The molecule has 0 aromatic carbocycles.